The van der Waals surface area contributed by atoms with E-state index in [0.717, 1.165) is 0 Å². The number of hydrogen-bond acceptors (Lipinski definition) is 1. The fourth-order valence-corrected chi connectivity index (χ4v) is 1.70. The molecule has 0 unspecified atom stereocenters. The number of nitrogens with one attached hydrogen (secondary N) is 1. The monoisotopic (exact) mass is 263 g/mol. The van der Waals surface area contributed by atoms with Crippen LogP contribution < -0.4 is 5.32 Å². The first-order chi connectivity index (χ1) is 7.04. The van der Waals surface area contributed by atoms with E-state index >= 15 is 0 Å². The smallest absolute Gasteiger partial charge is 0.243 e. The molecule has 1 N–H and O–H groups in total. The zero-order chi connectivity index (χ0) is 11.4. The highest BCUT2D eigenvalue weighted by atomic mass is 35.5. The van der Waals surface area contributed by atoms with E-state index in [9.17, 15) is 4.79 Å². The standard InChI is InChI=1S/C10H8Cl3NO/c1-2-9(15)14-5-6-3-7(11)4-8(12)10(6)13/h2-4H,1,5H2,(H,14,15). The minimum atomic E-state index is -0.276. The summed E-state index contributed by atoms with van der Waals surface area (Å²) in [7, 11) is 0. The first-order valence-electron chi connectivity index (χ1n) is 4.08. The molecule has 80 valence electrons. The summed E-state index contributed by atoms with van der Waals surface area (Å²) in [5.74, 6) is -0.276. The molecule has 0 aliphatic carbocycles. The van der Waals surface area contributed by atoms with Gasteiger partial charge in [-0.3, -0.25) is 4.79 Å². The van der Waals surface area contributed by atoms with Crippen molar-refractivity contribution in [1.82, 2.24) is 5.32 Å². The Morgan fingerprint density at radius 3 is 2.67 bits per heavy atom. The maximum atomic E-state index is 10.9. The molecule has 0 aliphatic rings. The van der Waals surface area contributed by atoms with Crippen LogP contribution in [0.2, 0.25) is 15.1 Å². The van der Waals surface area contributed by atoms with Gasteiger partial charge < -0.3 is 5.32 Å². The van der Waals surface area contributed by atoms with Gasteiger partial charge in [0.2, 0.25) is 5.91 Å². The van der Waals surface area contributed by atoms with Crippen molar-refractivity contribution >= 4 is 40.7 Å². The van der Waals surface area contributed by atoms with Crippen molar-refractivity contribution < 1.29 is 4.79 Å². The third-order valence-corrected chi connectivity index (χ3v) is 2.77. The summed E-state index contributed by atoms with van der Waals surface area (Å²) >= 11 is 17.5. The maximum absolute atomic E-state index is 10.9. The summed E-state index contributed by atoms with van der Waals surface area (Å²) in [5, 5.41) is 3.83. The molecule has 0 aliphatic heterocycles. The number of hydrogen-bond donors (Lipinski definition) is 1. The fraction of sp³-hybridized carbons (Fsp3) is 0.100. The Kier molecular flexibility index (Phi) is 4.45. The van der Waals surface area contributed by atoms with Gasteiger partial charge in [-0.05, 0) is 23.8 Å². The van der Waals surface area contributed by atoms with Crippen molar-refractivity contribution in [3.8, 4) is 0 Å². The summed E-state index contributed by atoms with van der Waals surface area (Å²) in [6, 6.07) is 3.20. The number of halogens is 3. The van der Waals surface area contributed by atoms with Crippen LogP contribution in [0.1, 0.15) is 5.56 Å². The average Bonchev–Trinajstić information content (AvgIpc) is 2.20. The zero-order valence-electron chi connectivity index (χ0n) is 7.69. The van der Waals surface area contributed by atoms with Crippen molar-refractivity contribution in [3.63, 3.8) is 0 Å². The van der Waals surface area contributed by atoms with Gasteiger partial charge in [0.05, 0.1) is 10.0 Å². The van der Waals surface area contributed by atoms with Gasteiger partial charge in [0, 0.05) is 11.6 Å². The second kappa shape index (κ2) is 5.40. The molecule has 0 radical (unpaired) electrons. The lowest BCUT2D eigenvalue weighted by atomic mass is 10.2. The lowest BCUT2D eigenvalue weighted by Crippen LogP contribution is -2.20. The molecule has 5 heteroatoms. The predicted octanol–water partition coefficient (Wildman–Crippen LogP) is 3.45. The molecule has 0 saturated heterocycles. The second-order valence-electron chi connectivity index (χ2n) is 2.78. The van der Waals surface area contributed by atoms with Gasteiger partial charge in [0.25, 0.3) is 0 Å². The fourth-order valence-electron chi connectivity index (χ4n) is 0.992. The Morgan fingerprint density at radius 2 is 2.07 bits per heavy atom. The summed E-state index contributed by atoms with van der Waals surface area (Å²) < 4.78 is 0. The van der Waals surface area contributed by atoms with Crippen LogP contribution in [0, 0.1) is 0 Å². The highest BCUT2D eigenvalue weighted by Gasteiger charge is 2.07. The van der Waals surface area contributed by atoms with Crippen molar-refractivity contribution in [1.29, 1.82) is 0 Å². The minimum Gasteiger partial charge on any atom is -0.348 e. The molecule has 2 nitrogen and oxygen atoms in total. The van der Waals surface area contributed by atoms with Crippen LogP contribution in [0.5, 0.6) is 0 Å². The number of amides is 1. The number of benzene rings is 1. The second-order valence-corrected chi connectivity index (χ2v) is 4.00. The molecule has 0 heterocycles. The normalized spacial score (nSPS) is 9.80. The van der Waals surface area contributed by atoms with Gasteiger partial charge in [-0.1, -0.05) is 41.4 Å². The van der Waals surface area contributed by atoms with Crippen LogP contribution in [0.25, 0.3) is 0 Å². The largest absolute Gasteiger partial charge is 0.348 e. The van der Waals surface area contributed by atoms with E-state index in [4.69, 9.17) is 34.8 Å². The highest BCUT2D eigenvalue weighted by molar-refractivity contribution is 6.43. The molecular formula is C10H8Cl3NO. The van der Waals surface area contributed by atoms with Crippen molar-refractivity contribution in [2.75, 3.05) is 0 Å². The SMILES string of the molecule is C=CC(=O)NCc1cc(Cl)cc(Cl)c1Cl. The Bertz CT molecular complexity index is 404. The molecule has 15 heavy (non-hydrogen) atoms. The van der Waals surface area contributed by atoms with E-state index < -0.39 is 0 Å². The molecule has 0 aromatic heterocycles. The first-order valence-corrected chi connectivity index (χ1v) is 5.21. The van der Waals surface area contributed by atoms with Crippen LogP contribution in [0.4, 0.5) is 0 Å². The van der Waals surface area contributed by atoms with Gasteiger partial charge in [-0.25, -0.2) is 0 Å². The summed E-state index contributed by atoms with van der Waals surface area (Å²) in [6.07, 6.45) is 1.18. The van der Waals surface area contributed by atoms with Crippen LogP contribution in [0.15, 0.2) is 24.8 Å². The lowest BCUT2D eigenvalue weighted by Gasteiger charge is -2.07. The number of carbonyl (C=O) groups is 1. The van der Waals surface area contributed by atoms with E-state index in [1.807, 2.05) is 0 Å². The van der Waals surface area contributed by atoms with Gasteiger partial charge in [-0.15, -0.1) is 0 Å². The first kappa shape index (κ1) is 12.4. The van der Waals surface area contributed by atoms with Gasteiger partial charge in [0.1, 0.15) is 0 Å². The van der Waals surface area contributed by atoms with Crippen molar-refractivity contribution in [2.45, 2.75) is 6.54 Å². The van der Waals surface area contributed by atoms with E-state index in [1.165, 1.54) is 6.08 Å². The average molecular weight is 265 g/mol. The Hall–Kier alpha value is -0.700. The predicted molar refractivity (Wildman–Crippen MR) is 63.5 cm³/mol. The van der Waals surface area contributed by atoms with Crippen molar-refractivity contribution in [3.05, 3.63) is 45.4 Å². The highest BCUT2D eigenvalue weighted by Crippen LogP contribution is 2.29. The number of rotatable bonds is 3. The molecular weight excluding hydrogens is 256 g/mol. The molecule has 0 fully saturated rings. The van der Waals surface area contributed by atoms with Crippen LogP contribution in [-0.2, 0) is 11.3 Å². The Labute approximate surface area is 103 Å². The molecule has 1 rings (SSSR count). The third kappa shape index (κ3) is 3.42. The molecule has 1 aromatic rings. The molecule has 1 amide bonds. The van der Waals surface area contributed by atoms with Crippen LogP contribution >= 0.6 is 34.8 Å². The third-order valence-electron chi connectivity index (χ3n) is 1.71. The molecule has 0 atom stereocenters. The zero-order valence-corrected chi connectivity index (χ0v) is 9.96. The molecule has 0 bridgehead atoms. The topological polar surface area (TPSA) is 29.1 Å². The van der Waals surface area contributed by atoms with Crippen molar-refractivity contribution in [2.24, 2.45) is 0 Å². The van der Waals surface area contributed by atoms with Gasteiger partial charge >= 0.3 is 0 Å². The van der Waals surface area contributed by atoms with Crippen LogP contribution in [0.3, 0.4) is 0 Å². The quantitative estimate of drug-likeness (QED) is 0.657. The van der Waals surface area contributed by atoms with Gasteiger partial charge in [0.15, 0.2) is 0 Å². The molecule has 0 spiro atoms. The van der Waals surface area contributed by atoms with Gasteiger partial charge in [-0.2, -0.15) is 0 Å². The molecule has 1 aromatic carbocycles. The Balaban J connectivity index is 2.85. The minimum absolute atomic E-state index is 0.268. The van der Waals surface area contributed by atoms with E-state index in [2.05, 4.69) is 11.9 Å². The number of carbonyl (C=O) groups excluding carboxylic acids is 1. The summed E-state index contributed by atoms with van der Waals surface area (Å²) in [5.41, 5.74) is 0.671. The maximum Gasteiger partial charge on any atom is 0.243 e. The molecule has 0 saturated carbocycles. The van der Waals surface area contributed by atoms with E-state index in [-0.39, 0.29) is 12.5 Å². The summed E-state index contributed by atoms with van der Waals surface area (Å²) in [4.78, 5) is 10.9. The summed E-state index contributed by atoms with van der Waals surface area (Å²) in [6.45, 7) is 3.60. The Morgan fingerprint density at radius 1 is 1.40 bits per heavy atom. The van der Waals surface area contributed by atoms with E-state index in [0.29, 0.717) is 20.6 Å². The van der Waals surface area contributed by atoms with E-state index in [1.54, 1.807) is 12.1 Å². The lowest BCUT2D eigenvalue weighted by molar-refractivity contribution is -0.116. The van der Waals surface area contributed by atoms with Crippen LogP contribution in [-0.4, -0.2) is 5.91 Å².